The molecule has 0 nitrogen and oxygen atoms in total. The van der Waals surface area contributed by atoms with Gasteiger partial charge in [0.15, 0.2) is 0 Å². The van der Waals surface area contributed by atoms with Gasteiger partial charge in [-0.25, -0.2) is 0 Å². The van der Waals surface area contributed by atoms with Crippen molar-refractivity contribution in [2.45, 2.75) is 33.6 Å². The van der Waals surface area contributed by atoms with Gasteiger partial charge in [-0.1, -0.05) is 25.5 Å². The molecule has 9 heavy (non-hydrogen) atoms. The minimum absolute atomic E-state index is 0.851. The molecule has 1 rings (SSSR count). The highest BCUT2D eigenvalue weighted by Crippen LogP contribution is 2.30. The first-order valence-corrected chi connectivity index (χ1v) is 3.88. The molecule has 0 radical (unpaired) electrons. The van der Waals surface area contributed by atoms with Gasteiger partial charge in [0.05, 0.1) is 0 Å². The summed E-state index contributed by atoms with van der Waals surface area (Å²) in [5.41, 5.74) is 1.62. The Balaban J connectivity index is 2.53. The molecule has 0 amide bonds. The molecule has 0 aliphatic heterocycles. The molecule has 0 heteroatoms. The molecule has 0 heterocycles. The van der Waals surface area contributed by atoms with Gasteiger partial charge in [-0.15, -0.1) is 0 Å². The van der Waals surface area contributed by atoms with Gasteiger partial charge in [0.1, 0.15) is 0 Å². The Morgan fingerprint density at radius 2 is 2.22 bits per heavy atom. The molecule has 1 atom stereocenters. The summed E-state index contributed by atoms with van der Waals surface area (Å²) >= 11 is 0. The van der Waals surface area contributed by atoms with Crippen molar-refractivity contribution in [2.75, 3.05) is 0 Å². The Kier molecular flexibility index (Phi) is 1.94. The van der Waals surface area contributed by atoms with Crippen LogP contribution in [0.25, 0.3) is 0 Å². The summed E-state index contributed by atoms with van der Waals surface area (Å²) in [6.07, 6.45) is 5.09. The van der Waals surface area contributed by atoms with Crippen LogP contribution in [0.4, 0.5) is 0 Å². The zero-order valence-electron chi connectivity index (χ0n) is 6.65. The van der Waals surface area contributed by atoms with E-state index in [1.54, 1.807) is 5.57 Å². The van der Waals surface area contributed by atoms with Crippen LogP contribution in [-0.4, -0.2) is 0 Å². The maximum absolute atomic E-state index is 2.38. The molecule has 1 aliphatic rings. The highest BCUT2D eigenvalue weighted by atomic mass is 14.2. The molecule has 0 spiro atoms. The molecular weight excluding hydrogens is 108 g/mol. The normalized spacial score (nSPS) is 27.1. The third-order valence-electron chi connectivity index (χ3n) is 2.33. The van der Waals surface area contributed by atoms with Gasteiger partial charge >= 0.3 is 0 Å². The fourth-order valence-electron chi connectivity index (χ4n) is 1.73. The molecular formula is C9H16. The molecule has 0 aromatic carbocycles. The second-order valence-corrected chi connectivity index (χ2v) is 3.38. The zero-order valence-corrected chi connectivity index (χ0v) is 6.65. The van der Waals surface area contributed by atoms with E-state index in [0.717, 1.165) is 11.8 Å². The van der Waals surface area contributed by atoms with Crippen molar-refractivity contribution >= 4 is 0 Å². The molecule has 0 saturated heterocycles. The standard InChI is InChI=1S/C9H16/c1-7(2)9-6-4-5-8(9)3/h5,7,9H,4,6H2,1-3H3. The van der Waals surface area contributed by atoms with E-state index in [4.69, 9.17) is 0 Å². The van der Waals surface area contributed by atoms with Crippen LogP contribution in [-0.2, 0) is 0 Å². The summed E-state index contributed by atoms with van der Waals surface area (Å²) < 4.78 is 0. The van der Waals surface area contributed by atoms with Gasteiger partial charge in [0.25, 0.3) is 0 Å². The van der Waals surface area contributed by atoms with E-state index in [2.05, 4.69) is 26.8 Å². The molecule has 0 N–H and O–H groups in total. The van der Waals surface area contributed by atoms with Crippen LogP contribution in [0, 0.1) is 11.8 Å². The largest absolute Gasteiger partial charge is 0.0853 e. The highest BCUT2D eigenvalue weighted by Gasteiger charge is 2.18. The van der Waals surface area contributed by atoms with E-state index in [1.165, 1.54) is 12.8 Å². The highest BCUT2D eigenvalue weighted by molar-refractivity contribution is 5.10. The van der Waals surface area contributed by atoms with Crippen LogP contribution >= 0.6 is 0 Å². The van der Waals surface area contributed by atoms with E-state index in [1.807, 2.05) is 0 Å². The fourth-order valence-corrected chi connectivity index (χ4v) is 1.73. The van der Waals surface area contributed by atoms with Crippen LogP contribution in [0.3, 0.4) is 0 Å². The minimum Gasteiger partial charge on any atom is -0.0853 e. The van der Waals surface area contributed by atoms with Crippen molar-refractivity contribution < 1.29 is 0 Å². The lowest BCUT2D eigenvalue weighted by Gasteiger charge is -2.15. The molecule has 0 aromatic heterocycles. The number of rotatable bonds is 1. The first-order chi connectivity index (χ1) is 4.22. The Bertz CT molecular complexity index is 120. The summed E-state index contributed by atoms with van der Waals surface area (Å²) in [6, 6.07) is 0. The lowest BCUT2D eigenvalue weighted by Crippen LogP contribution is -2.05. The monoisotopic (exact) mass is 124 g/mol. The lowest BCUT2D eigenvalue weighted by molar-refractivity contribution is 0.440. The molecule has 0 saturated carbocycles. The molecule has 0 aromatic rings. The first-order valence-electron chi connectivity index (χ1n) is 3.88. The van der Waals surface area contributed by atoms with Crippen molar-refractivity contribution in [3.05, 3.63) is 11.6 Å². The molecule has 1 aliphatic carbocycles. The van der Waals surface area contributed by atoms with E-state index < -0.39 is 0 Å². The summed E-state index contributed by atoms with van der Waals surface area (Å²) in [7, 11) is 0. The van der Waals surface area contributed by atoms with Gasteiger partial charge < -0.3 is 0 Å². The topological polar surface area (TPSA) is 0 Å². The van der Waals surface area contributed by atoms with Gasteiger partial charge in [-0.05, 0) is 31.6 Å². The number of allylic oxidation sites excluding steroid dienone is 2. The van der Waals surface area contributed by atoms with Gasteiger partial charge in [-0.2, -0.15) is 0 Å². The van der Waals surface area contributed by atoms with Gasteiger partial charge in [0.2, 0.25) is 0 Å². The fraction of sp³-hybridized carbons (Fsp3) is 0.778. The Hall–Kier alpha value is -0.260. The van der Waals surface area contributed by atoms with Gasteiger partial charge in [0, 0.05) is 0 Å². The van der Waals surface area contributed by atoms with E-state index in [-0.39, 0.29) is 0 Å². The number of hydrogen-bond acceptors (Lipinski definition) is 0. The van der Waals surface area contributed by atoms with Crippen LogP contribution in [0.1, 0.15) is 33.6 Å². The van der Waals surface area contributed by atoms with Gasteiger partial charge in [-0.3, -0.25) is 0 Å². The van der Waals surface area contributed by atoms with Crippen LogP contribution in [0.2, 0.25) is 0 Å². The maximum Gasteiger partial charge on any atom is -0.0180 e. The molecule has 0 fully saturated rings. The SMILES string of the molecule is CC1=CCCC1C(C)C. The van der Waals surface area contributed by atoms with Crippen LogP contribution < -0.4 is 0 Å². The van der Waals surface area contributed by atoms with E-state index in [0.29, 0.717) is 0 Å². The Morgan fingerprint density at radius 1 is 1.56 bits per heavy atom. The first kappa shape index (κ1) is 6.85. The van der Waals surface area contributed by atoms with E-state index >= 15 is 0 Å². The number of hydrogen-bond donors (Lipinski definition) is 0. The third-order valence-corrected chi connectivity index (χ3v) is 2.33. The Morgan fingerprint density at radius 3 is 2.44 bits per heavy atom. The van der Waals surface area contributed by atoms with Crippen molar-refractivity contribution in [3.8, 4) is 0 Å². The minimum atomic E-state index is 0.851. The maximum atomic E-state index is 2.38. The molecule has 1 unspecified atom stereocenters. The third kappa shape index (κ3) is 1.35. The smallest absolute Gasteiger partial charge is 0.0180 e. The van der Waals surface area contributed by atoms with Crippen molar-refractivity contribution in [3.63, 3.8) is 0 Å². The summed E-state index contributed by atoms with van der Waals surface area (Å²) in [4.78, 5) is 0. The van der Waals surface area contributed by atoms with E-state index in [9.17, 15) is 0 Å². The second kappa shape index (κ2) is 2.55. The molecule has 0 bridgehead atoms. The van der Waals surface area contributed by atoms with Crippen LogP contribution in [0.5, 0.6) is 0 Å². The lowest BCUT2D eigenvalue weighted by atomic mass is 9.91. The predicted molar refractivity (Wildman–Crippen MR) is 41.3 cm³/mol. The second-order valence-electron chi connectivity index (χ2n) is 3.38. The Labute approximate surface area is 58.0 Å². The zero-order chi connectivity index (χ0) is 6.85. The van der Waals surface area contributed by atoms with Crippen LogP contribution in [0.15, 0.2) is 11.6 Å². The quantitative estimate of drug-likeness (QED) is 0.471. The average molecular weight is 124 g/mol. The van der Waals surface area contributed by atoms with Crippen molar-refractivity contribution in [2.24, 2.45) is 11.8 Å². The van der Waals surface area contributed by atoms with Crippen molar-refractivity contribution in [1.29, 1.82) is 0 Å². The predicted octanol–water partition coefficient (Wildman–Crippen LogP) is 3.00. The molecule has 52 valence electrons. The average Bonchev–Trinajstić information content (AvgIpc) is 2.13. The summed E-state index contributed by atoms with van der Waals surface area (Å²) in [5.74, 6) is 1.74. The summed E-state index contributed by atoms with van der Waals surface area (Å²) in [6.45, 7) is 6.89. The van der Waals surface area contributed by atoms with Crippen molar-refractivity contribution in [1.82, 2.24) is 0 Å². The summed E-state index contributed by atoms with van der Waals surface area (Å²) in [5, 5.41) is 0.